The SMILES string of the molecule is O=C(O)[C@H]1O[C@@H](Oc2ccc(Cl)cc2-c2nc3ccc(Cl)cc3c(=O)[nH]2)[C@H](O)[C@@H](O)[C@@H]1O. The number of halogens is 2. The molecule has 3 aromatic rings. The fraction of sp³-hybridized carbons (Fsp3) is 0.250. The number of aliphatic hydroxyl groups is 3. The largest absolute Gasteiger partial charge is 0.479 e. The number of benzene rings is 2. The van der Waals surface area contributed by atoms with Gasteiger partial charge >= 0.3 is 5.97 Å². The monoisotopic (exact) mass is 482 g/mol. The normalized spacial score (nSPS) is 25.6. The number of aromatic amines is 1. The molecule has 12 heteroatoms. The van der Waals surface area contributed by atoms with Gasteiger partial charge in [-0.25, -0.2) is 9.78 Å². The van der Waals surface area contributed by atoms with Crippen molar-refractivity contribution in [1.29, 1.82) is 0 Å². The van der Waals surface area contributed by atoms with Crippen LogP contribution >= 0.6 is 23.2 Å². The molecule has 0 amide bonds. The average Bonchev–Trinajstić information content (AvgIpc) is 2.75. The predicted octanol–water partition coefficient (Wildman–Crippen LogP) is 1.17. The van der Waals surface area contributed by atoms with Gasteiger partial charge in [0.05, 0.1) is 16.5 Å². The van der Waals surface area contributed by atoms with Crippen LogP contribution in [0.5, 0.6) is 5.75 Å². The number of hydrogen-bond acceptors (Lipinski definition) is 8. The van der Waals surface area contributed by atoms with E-state index in [9.17, 15) is 30.0 Å². The Bertz CT molecular complexity index is 1250. The Hall–Kier alpha value is -2.73. The molecule has 1 saturated heterocycles. The van der Waals surface area contributed by atoms with E-state index in [1.165, 1.54) is 24.3 Å². The fourth-order valence-corrected chi connectivity index (χ4v) is 3.65. The van der Waals surface area contributed by atoms with E-state index >= 15 is 0 Å². The molecule has 5 N–H and O–H groups in total. The van der Waals surface area contributed by atoms with Crippen LogP contribution in [-0.2, 0) is 9.53 Å². The van der Waals surface area contributed by atoms with Gasteiger partial charge in [0.15, 0.2) is 6.10 Å². The third-order valence-electron chi connectivity index (χ3n) is 4.92. The number of nitrogens with zero attached hydrogens (tertiary/aromatic N) is 1. The zero-order valence-corrected chi connectivity index (χ0v) is 17.5. The Morgan fingerprint density at radius 2 is 1.72 bits per heavy atom. The van der Waals surface area contributed by atoms with E-state index < -0.39 is 42.2 Å². The van der Waals surface area contributed by atoms with Crippen LogP contribution < -0.4 is 10.3 Å². The summed E-state index contributed by atoms with van der Waals surface area (Å²) in [6.45, 7) is 0. The van der Waals surface area contributed by atoms with E-state index in [0.717, 1.165) is 0 Å². The van der Waals surface area contributed by atoms with Crippen LogP contribution in [0.4, 0.5) is 0 Å². The molecule has 1 aliphatic heterocycles. The Kier molecular flexibility index (Phi) is 6.08. The van der Waals surface area contributed by atoms with E-state index in [-0.39, 0.29) is 27.5 Å². The Labute approximate surface area is 189 Å². The maximum absolute atomic E-state index is 12.5. The second-order valence-electron chi connectivity index (χ2n) is 7.07. The van der Waals surface area contributed by atoms with Gasteiger partial charge in [0.1, 0.15) is 29.9 Å². The second kappa shape index (κ2) is 8.66. The summed E-state index contributed by atoms with van der Waals surface area (Å²) in [5, 5.41) is 40.2. The van der Waals surface area contributed by atoms with Crippen molar-refractivity contribution in [3.05, 3.63) is 56.8 Å². The lowest BCUT2D eigenvalue weighted by Gasteiger charge is -2.38. The number of hydrogen-bond donors (Lipinski definition) is 5. The number of carboxylic acids is 1. The highest BCUT2D eigenvalue weighted by Crippen LogP contribution is 2.33. The lowest BCUT2D eigenvalue weighted by atomic mass is 9.99. The number of aliphatic carboxylic acids is 1. The van der Waals surface area contributed by atoms with Crippen molar-refractivity contribution in [2.24, 2.45) is 0 Å². The molecule has 2 aromatic carbocycles. The van der Waals surface area contributed by atoms with E-state index in [0.29, 0.717) is 10.5 Å². The second-order valence-corrected chi connectivity index (χ2v) is 7.94. The average molecular weight is 483 g/mol. The molecule has 2 heterocycles. The first-order chi connectivity index (χ1) is 15.2. The van der Waals surface area contributed by atoms with Crippen molar-refractivity contribution >= 4 is 40.1 Å². The third-order valence-corrected chi connectivity index (χ3v) is 5.39. The molecular formula is C20H16Cl2N2O8. The molecule has 4 rings (SSSR count). The molecule has 0 bridgehead atoms. The zero-order chi connectivity index (χ0) is 23.2. The highest BCUT2D eigenvalue weighted by atomic mass is 35.5. The first-order valence-electron chi connectivity index (χ1n) is 9.24. The predicted molar refractivity (Wildman–Crippen MR) is 113 cm³/mol. The number of fused-ring (bicyclic) bond motifs is 1. The molecule has 5 atom stereocenters. The lowest BCUT2D eigenvalue weighted by molar-refractivity contribution is -0.271. The maximum Gasteiger partial charge on any atom is 0.335 e. The van der Waals surface area contributed by atoms with Crippen LogP contribution in [0, 0.1) is 0 Å². The molecule has 1 aliphatic rings. The van der Waals surface area contributed by atoms with E-state index in [1.807, 2.05) is 0 Å². The third kappa shape index (κ3) is 4.16. The van der Waals surface area contributed by atoms with Crippen molar-refractivity contribution in [1.82, 2.24) is 9.97 Å². The molecule has 0 radical (unpaired) electrons. The van der Waals surface area contributed by atoms with E-state index in [4.69, 9.17) is 32.7 Å². The van der Waals surface area contributed by atoms with E-state index in [1.54, 1.807) is 12.1 Å². The number of aromatic nitrogens is 2. The van der Waals surface area contributed by atoms with Gasteiger partial charge < -0.3 is 34.9 Å². The molecule has 0 aliphatic carbocycles. The summed E-state index contributed by atoms with van der Waals surface area (Å²) in [7, 11) is 0. The van der Waals surface area contributed by atoms with Gasteiger partial charge in [-0.1, -0.05) is 23.2 Å². The fourth-order valence-electron chi connectivity index (χ4n) is 3.30. The minimum absolute atomic E-state index is 0.0163. The molecule has 1 fully saturated rings. The first kappa shape index (κ1) is 22.5. The van der Waals surface area contributed by atoms with Crippen LogP contribution in [0.2, 0.25) is 10.0 Å². The molecule has 32 heavy (non-hydrogen) atoms. The summed E-state index contributed by atoms with van der Waals surface area (Å²) in [4.78, 5) is 30.9. The highest BCUT2D eigenvalue weighted by Gasteiger charge is 2.48. The van der Waals surface area contributed by atoms with Crippen LogP contribution in [0.15, 0.2) is 41.2 Å². The molecule has 0 unspecified atom stereocenters. The Morgan fingerprint density at radius 3 is 2.44 bits per heavy atom. The summed E-state index contributed by atoms with van der Waals surface area (Å²) < 4.78 is 10.8. The van der Waals surface area contributed by atoms with Gasteiger partial charge in [-0.3, -0.25) is 4.79 Å². The number of nitrogens with one attached hydrogen (secondary N) is 1. The molecule has 168 valence electrons. The van der Waals surface area contributed by atoms with Gasteiger partial charge in [0.2, 0.25) is 6.29 Å². The van der Waals surface area contributed by atoms with Gasteiger partial charge in [-0.05, 0) is 36.4 Å². The van der Waals surface area contributed by atoms with Crippen molar-refractivity contribution in [2.45, 2.75) is 30.7 Å². The Morgan fingerprint density at radius 1 is 1.03 bits per heavy atom. The maximum atomic E-state index is 12.5. The van der Waals surface area contributed by atoms with Gasteiger partial charge in [0.25, 0.3) is 5.56 Å². The van der Waals surface area contributed by atoms with Crippen LogP contribution in [0.25, 0.3) is 22.3 Å². The summed E-state index contributed by atoms with van der Waals surface area (Å²) in [6, 6.07) is 8.88. The number of carboxylic acid groups (broad SMARTS) is 1. The summed E-state index contributed by atoms with van der Waals surface area (Å²) in [5.41, 5.74) is 0.0733. The van der Waals surface area contributed by atoms with Crippen LogP contribution in [0.1, 0.15) is 0 Å². The quantitative estimate of drug-likeness (QED) is 0.367. The standard InChI is InChI=1S/C20H16Cl2N2O8/c21-7-1-3-11-9(5-7)18(28)24-17(23-11)10-6-8(22)2-4-12(10)31-20-15(27)13(25)14(26)16(32-20)19(29)30/h1-6,13-16,20,25-27H,(H,29,30)(H,23,24,28)/t13-,14-,15+,16-,20+/m0/s1. The highest BCUT2D eigenvalue weighted by molar-refractivity contribution is 6.31. The topological polar surface area (TPSA) is 162 Å². The Balaban J connectivity index is 1.75. The van der Waals surface area contributed by atoms with E-state index in [2.05, 4.69) is 9.97 Å². The molecule has 1 aromatic heterocycles. The number of H-pyrrole nitrogens is 1. The summed E-state index contributed by atoms with van der Waals surface area (Å²) >= 11 is 12.0. The minimum atomic E-state index is -1.86. The molecule has 0 saturated carbocycles. The first-order valence-corrected chi connectivity index (χ1v) is 10.00. The zero-order valence-electron chi connectivity index (χ0n) is 16.0. The summed E-state index contributed by atoms with van der Waals surface area (Å²) in [6.07, 6.45) is -8.96. The van der Waals surface area contributed by atoms with Crippen LogP contribution in [0.3, 0.4) is 0 Å². The molecular weight excluding hydrogens is 467 g/mol. The smallest absolute Gasteiger partial charge is 0.335 e. The van der Waals surface area contributed by atoms with Crippen molar-refractivity contribution < 1.29 is 34.7 Å². The van der Waals surface area contributed by atoms with Gasteiger partial charge in [0, 0.05) is 10.0 Å². The molecule has 0 spiro atoms. The lowest BCUT2D eigenvalue weighted by Crippen LogP contribution is -2.61. The van der Waals surface area contributed by atoms with Crippen molar-refractivity contribution in [3.8, 4) is 17.1 Å². The number of ether oxygens (including phenoxy) is 2. The van der Waals surface area contributed by atoms with Gasteiger partial charge in [-0.15, -0.1) is 0 Å². The number of rotatable bonds is 4. The van der Waals surface area contributed by atoms with Crippen LogP contribution in [-0.4, -0.2) is 67.1 Å². The number of aliphatic hydroxyl groups excluding tert-OH is 3. The minimum Gasteiger partial charge on any atom is -0.479 e. The molecule has 10 nitrogen and oxygen atoms in total. The van der Waals surface area contributed by atoms with Gasteiger partial charge in [-0.2, -0.15) is 0 Å². The summed E-state index contributed by atoms with van der Waals surface area (Å²) in [5.74, 6) is -1.46. The van der Waals surface area contributed by atoms with Crippen molar-refractivity contribution in [3.63, 3.8) is 0 Å². The number of carbonyl (C=O) groups is 1. The van der Waals surface area contributed by atoms with Crippen molar-refractivity contribution in [2.75, 3.05) is 0 Å².